The Hall–Kier alpha value is -2.36. The van der Waals surface area contributed by atoms with Crippen LogP contribution in [-0.4, -0.2) is 16.0 Å². The van der Waals surface area contributed by atoms with Crippen molar-refractivity contribution >= 4 is 11.6 Å². The van der Waals surface area contributed by atoms with Crippen molar-refractivity contribution in [3.63, 3.8) is 0 Å². The number of phenols is 1. The van der Waals surface area contributed by atoms with E-state index in [2.05, 4.69) is 10.3 Å². The van der Waals surface area contributed by atoms with Crippen LogP contribution >= 0.6 is 0 Å². The summed E-state index contributed by atoms with van der Waals surface area (Å²) in [6, 6.07) is 10.2. The first kappa shape index (κ1) is 12.1. The number of aryl methyl sites for hydroxylation is 2. The van der Waals surface area contributed by atoms with Gasteiger partial charge < -0.3 is 10.4 Å². The number of pyridine rings is 1. The van der Waals surface area contributed by atoms with E-state index in [-0.39, 0.29) is 11.7 Å². The summed E-state index contributed by atoms with van der Waals surface area (Å²) in [4.78, 5) is 16.1. The van der Waals surface area contributed by atoms with Crippen LogP contribution in [-0.2, 0) is 0 Å². The van der Waals surface area contributed by atoms with Crippen LogP contribution in [0.1, 0.15) is 21.7 Å². The summed E-state index contributed by atoms with van der Waals surface area (Å²) in [5.74, 6) is -0.0505. The molecule has 0 spiro atoms. The number of phenolic OH excluding ortho intramolecular Hbond substituents is 1. The molecule has 2 rings (SSSR count). The summed E-state index contributed by atoms with van der Waals surface area (Å²) in [7, 11) is 0. The van der Waals surface area contributed by atoms with Gasteiger partial charge in [-0.05, 0) is 49.7 Å². The van der Waals surface area contributed by atoms with Crippen molar-refractivity contribution in [1.82, 2.24) is 4.98 Å². The van der Waals surface area contributed by atoms with Crippen molar-refractivity contribution in [3.05, 3.63) is 53.3 Å². The first-order valence-electron chi connectivity index (χ1n) is 5.61. The van der Waals surface area contributed by atoms with Gasteiger partial charge in [-0.1, -0.05) is 6.07 Å². The zero-order valence-electron chi connectivity index (χ0n) is 10.3. The Labute approximate surface area is 105 Å². The Kier molecular flexibility index (Phi) is 3.28. The molecule has 92 valence electrons. The summed E-state index contributed by atoms with van der Waals surface area (Å²) < 4.78 is 0. The number of nitrogens with zero attached hydrogens (tertiary/aromatic N) is 1. The highest BCUT2D eigenvalue weighted by Crippen LogP contribution is 2.20. The minimum atomic E-state index is -0.260. The highest BCUT2D eigenvalue weighted by atomic mass is 16.3. The molecule has 2 N–H and O–H groups in total. The van der Waals surface area contributed by atoms with E-state index >= 15 is 0 Å². The molecule has 0 radical (unpaired) electrons. The Balaban J connectivity index is 2.18. The van der Waals surface area contributed by atoms with Crippen LogP contribution in [0.25, 0.3) is 0 Å². The monoisotopic (exact) mass is 242 g/mol. The Morgan fingerprint density at radius 2 is 2.00 bits per heavy atom. The minimum absolute atomic E-state index is 0.210. The van der Waals surface area contributed by atoms with Gasteiger partial charge in [-0.25, -0.2) is 4.98 Å². The number of aromatic nitrogens is 1. The summed E-state index contributed by atoms with van der Waals surface area (Å²) in [6.07, 6.45) is 0. The molecule has 2 aromatic rings. The number of hydrogen-bond acceptors (Lipinski definition) is 3. The summed E-state index contributed by atoms with van der Waals surface area (Å²) >= 11 is 0. The zero-order chi connectivity index (χ0) is 13.1. The lowest BCUT2D eigenvalue weighted by atomic mass is 10.2. The van der Waals surface area contributed by atoms with E-state index in [4.69, 9.17) is 0 Å². The highest BCUT2D eigenvalue weighted by Gasteiger charge is 2.08. The molecule has 1 heterocycles. The third-order valence-corrected chi connectivity index (χ3v) is 2.58. The van der Waals surface area contributed by atoms with Gasteiger partial charge in [-0.2, -0.15) is 0 Å². The lowest BCUT2D eigenvalue weighted by molar-refractivity contribution is 0.102. The average molecular weight is 242 g/mol. The third kappa shape index (κ3) is 2.66. The fourth-order valence-electron chi connectivity index (χ4n) is 1.60. The molecule has 18 heavy (non-hydrogen) atoms. The molecular weight excluding hydrogens is 228 g/mol. The summed E-state index contributed by atoms with van der Waals surface area (Å²) in [6.45, 7) is 3.61. The SMILES string of the molecule is Cc1cccc(C(=O)Nc2ccc(O)c(C)c2)n1. The molecule has 0 aliphatic carbocycles. The number of hydrogen-bond donors (Lipinski definition) is 2. The molecule has 1 amide bonds. The summed E-state index contributed by atoms with van der Waals surface area (Å²) in [5.41, 5.74) is 2.52. The van der Waals surface area contributed by atoms with E-state index in [1.54, 1.807) is 37.3 Å². The lowest BCUT2D eigenvalue weighted by Crippen LogP contribution is -2.13. The largest absolute Gasteiger partial charge is 0.508 e. The number of carbonyl (C=O) groups is 1. The number of anilines is 1. The number of amides is 1. The van der Waals surface area contributed by atoms with Crippen LogP contribution in [0.2, 0.25) is 0 Å². The maximum absolute atomic E-state index is 11.9. The van der Waals surface area contributed by atoms with Gasteiger partial charge in [0, 0.05) is 11.4 Å². The number of aromatic hydroxyl groups is 1. The number of carbonyl (C=O) groups excluding carboxylic acids is 1. The Morgan fingerprint density at radius 3 is 2.67 bits per heavy atom. The predicted molar refractivity (Wildman–Crippen MR) is 69.8 cm³/mol. The van der Waals surface area contributed by atoms with E-state index in [1.165, 1.54) is 0 Å². The van der Waals surface area contributed by atoms with Gasteiger partial charge in [-0.3, -0.25) is 4.79 Å². The minimum Gasteiger partial charge on any atom is -0.508 e. The van der Waals surface area contributed by atoms with Crippen LogP contribution in [0, 0.1) is 13.8 Å². The quantitative estimate of drug-likeness (QED) is 0.796. The van der Waals surface area contributed by atoms with Gasteiger partial charge in [0.15, 0.2) is 0 Å². The van der Waals surface area contributed by atoms with Gasteiger partial charge in [0.25, 0.3) is 5.91 Å². The van der Waals surface area contributed by atoms with Gasteiger partial charge in [0.2, 0.25) is 0 Å². The van der Waals surface area contributed by atoms with Crippen LogP contribution in [0.4, 0.5) is 5.69 Å². The maximum atomic E-state index is 11.9. The molecule has 4 nitrogen and oxygen atoms in total. The molecule has 0 saturated heterocycles. The van der Waals surface area contributed by atoms with Crippen LogP contribution in [0.3, 0.4) is 0 Å². The first-order valence-corrected chi connectivity index (χ1v) is 5.61. The van der Waals surface area contributed by atoms with Crippen molar-refractivity contribution in [2.75, 3.05) is 5.32 Å². The van der Waals surface area contributed by atoms with E-state index in [9.17, 15) is 9.90 Å². The second-order valence-electron chi connectivity index (χ2n) is 4.12. The first-order chi connectivity index (χ1) is 8.56. The molecule has 0 atom stereocenters. The highest BCUT2D eigenvalue weighted by molar-refractivity contribution is 6.02. The van der Waals surface area contributed by atoms with Crippen LogP contribution in [0.15, 0.2) is 36.4 Å². The van der Waals surface area contributed by atoms with Crippen molar-refractivity contribution in [1.29, 1.82) is 0 Å². The second kappa shape index (κ2) is 4.87. The number of benzene rings is 1. The van der Waals surface area contributed by atoms with Gasteiger partial charge in [-0.15, -0.1) is 0 Å². The third-order valence-electron chi connectivity index (χ3n) is 2.58. The van der Waals surface area contributed by atoms with Crippen molar-refractivity contribution in [2.24, 2.45) is 0 Å². The molecule has 0 saturated carbocycles. The topological polar surface area (TPSA) is 62.2 Å². The number of nitrogens with one attached hydrogen (secondary N) is 1. The van der Waals surface area contributed by atoms with Crippen LogP contribution < -0.4 is 5.32 Å². The molecule has 1 aromatic carbocycles. The van der Waals surface area contributed by atoms with Crippen LogP contribution in [0.5, 0.6) is 5.75 Å². The van der Waals surface area contributed by atoms with Gasteiger partial charge >= 0.3 is 0 Å². The number of rotatable bonds is 2. The van der Waals surface area contributed by atoms with Gasteiger partial charge in [0.1, 0.15) is 11.4 Å². The molecule has 0 fully saturated rings. The molecule has 0 bridgehead atoms. The molecule has 0 aliphatic heterocycles. The predicted octanol–water partition coefficient (Wildman–Crippen LogP) is 2.66. The average Bonchev–Trinajstić information content (AvgIpc) is 2.34. The van der Waals surface area contributed by atoms with E-state index in [0.29, 0.717) is 16.9 Å². The second-order valence-corrected chi connectivity index (χ2v) is 4.12. The Morgan fingerprint density at radius 1 is 1.22 bits per heavy atom. The van der Waals surface area contributed by atoms with E-state index in [1.807, 2.05) is 13.0 Å². The van der Waals surface area contributed by atoms with Gasteiger partial charge in [0.05, 0.1) is 0 Å². The smallest absolute Gasteiger partial charge is 0.274 e. The maximum Gasteiger partial charge on any atom is 0.274 e. The van der Waals surface area contributed by atoms with Crippen molar-refractivity contribution in [2.45, 2.75) is 13.8 Å². The fourth-order valence-corrected chi connectivity index (χ4v) is 1.60. The van der Waals surface area contributed by atoms with E-state index < -0.39 is 0 Å². The zero-order valence-corrected chi connectivity index (χ0v) is 10.3. The molecular formula is C14H14N2O2. The standard InChI is InChI=1S/C14H14N2O2/c1-9-8-11(6-7-13(9)17)16-14(18)12-5-3-4-10(2)15-12/h3-8,17H,1-2H3,(H,16,18). The van der Waals surface area contributed by atoms with Crippen molar-refractivity contribution in [3.8, 4) is 5.75 Å². The molecule has 4 heteroatoms. The molecule has 0 unspecified atom stereocenters. The summed E-state index contributed by atoms with van der Waals surface area (Å²) in [5, 5.41) is 12.1. The fraction of sp³-hybridized carbons (Fsp3) is 0.143. The normalized spacial score (nSPS) is 10.1. The molecule has 0 aliphatic rings. The van der Waals surface area contributed by atoms with Crippen molar-refractivity contribution < 1.29 is 9.90 Å². The lowest BCUT2D eigenvalue weighted by Gasteiger charge is -2.07. The Bertz CT molecular complexity index is 594. The van der Waals surface area contributed by atoms with E-state index in [0.717, 1.165) is 5.69 Å². The molecule has 1 aromatic heterocycles.